The molecular weight excluding hydrogens is 366 g/mol. The van der Waals surface area contributed by atoms with Gasteiger partial charge in [0.05, 0.1) is 11.8 Å². The third kappa shape index (κ3) is 2.07. The van der Waals surface area contributed by atoms with Crippen molar-refractivity contribution in [3.63, 3.8) is 0 Å². The number of hydrogen-bond acceptors (Lipinski definition) is 4. The van der Waals surface area contributed by atoms with Crippen LogP contribution in [0.25, 0.3) is 0 Å². The minimum atomic E-state index is -0.548. The van der Waals surface area contributed by atoms with Crippen LogP contribution in [-0.2, 0) is 16.8 Å². The fraction of sp³-hybridized carbons (Fsp3) is 0.579. The zero-order valence-electron chi connectivity index (χ0n) is 14.5. The molecule has 0 bridgehead atoms. The lowest BCUT2D eigenvalue weighted by molar-refractivity contribution is -0.0378. The molecule has 0 radical (unpaired) electrons. The van der Waals surface area contributed by atoms with Crippen molar-refractivity contribution in [3.8, 4) is 0 Å². The third-order valence-electron chi connectivity index (χ3n) is 6.26. The normalized spacial score (nSPS) is 37.7. The maximum absolute atomic E-state index is 6.19. The minimum absolute atomic E-state index is 0.00690. The SMILES string of the molecule is COC1CCC2(Cc3ccc(Br)cc3C23N=C(C)C(N)=N3)CC1C. The van der Waals surface area contributed by atoms with Crippen LogP contribution in [0.1, 0.15) is 44.2 Å². The van der Waals surface area contributed by atoms with Crippen LogP contribution in [0.15, 0.2) is 32.7 Å². The number of ether oxygens (including phenoxy) is 1. The fourth-order valence-electron chi connectivity index (χ4n) is 5.12. The lowest BCUT2D eigenvalue weighted by Gasteiger charge is -2.47. The van der Waals surface area contributed by atoms with Gasteiger partial charge in [-0.25, -0.2) is 4.99 Å². The van der Waals surface area contributed by atoms with Gasteiger partial charge < -0.3 is 10.5 Å². The zero-order valence-corrected chi connectivity index (χ0v) is 16.1. The van der Waals surface area contributed by atoms with Gasteiger partial charge in [0.2, 0.25) is 0 Å². The predicted molar refractivity (Wildman–Crippen MR) is 101 cm³/mol. The van der Waals surface area contributed by atoms with Crippen molar-refractivity contribution in [2.75, 3.05) is 7.11 Å². The van der Waals surface area contributed by atoms with E-state index in [1.165, 1.54) is 11.1 Å². The number of amidine groups is 1. The Morgan fingerprint density at radius 1 is 1.33 bits per heavy atom. The molecular formula is C19H24BrN3O. The molecule has 1 aromatic rings. The average Bonchev–Trinajstić information content (AvgIpc) is 2.97. The van der Waals surface area contributed by atoms with Crippen molar-refractivity contribution in [1.82, 2.24) is 0 Å². The number of nitrogens with zero attached hydrogens (tertiary/aromatic N) is 2. The standard InChI is InChI=1S/C19H24BrN3O/c1-11-9-18(7-6-16(11)24-3)10-13-4-5-14(20)8-15(13)19(18)22-12(2)17(21)23-19/h4-5,8,11,16H,6-7,9-10H2,1-3H3,(H2,21,23). The Kier molecular flexibility index (Phi) is 3.66. The van der Waals surface area contributed by atoms with Gasteiger partial charge in [0, 0.05) is 22.6 Å². The number of nitrogens with two attached hydrogens (primary N) is 1. The van der Waals surface area contributed by atoms with Crippen LogP contribution in [-0.4, -0.2) is 24.8 Å². The summed E-state index contributed by atoms with van der Waals surface area (Å²) in [7, 11) is 1.82. The Morgan fingerprint density at radius 3 is 2.75 bits per heavy atom. The molecule has 128 valence electrons. The Morgan fingerprint density at radius 2 is 2.12 bits per heavy atom. The average molecular weight is 390 g/mol. The first kappa shape index (κ1) is 16.3. The molecule has 1 fully saturated rings. The van der Waals surface area contributed by atoms with Crippen LogP contribution in [0.4, 0.5) is 0 Å². The topological polar surface area (TPSA) is 60.0 Å². The van der Waals surface area contributed by atoms with E-state index in [2.05, 4.69) is 41.1 Å². The highest BCUT2D eigenvalue weighted by Crippen LogP contribution is 2.62. The van der Waals surface area contributed by atoms with Crippen LogP contribution in [0.5, 0.6) is 0 Å². The number of hydrogen-bond donors (Lipinski definition) is 1. The maximum atomic E-state index is 6.19. The molecule has 0 aromatic heterocycles. The van der Waals surface area contributed by atoms with Gasteiger partial charge in [0.25, 0.3) is 0 Å². The van der Waals surface area contributed by atoms with E-state index < -0.39 is 5.66 Å². The molecule has 2 N–H and O–H groups in total. The molecule has 1 aromatic carbocycles. The molecule has 4 atom stereocenters. The number of aliphatic imine (C=N–C) groups is 2. The number of halogens is 1. The van der Waals surface area contributed by atoms with E-state index in [1.54, 1.807) is 0 Å². The van der Waals surface area contributed by atoms with Gasteiger partial charge in [0.1, 0.15) is 5.84 Å². The molecule has 1 aliphatic heterocycles. The molecule has 4 rings (SSSR count). The molecule has 4 unspecified atom stereocenters. The molecule has 0 saturated heterocycles. The van der Waals surface area contributed by atoms with E-state index in [0.717, 1.165) is 35.9 Å². The lowest BCUT2D eigenvalue weighted by atomic mass is 9.62. The highest BCUT2D eigenvalue weighted by Gasteiger charge is 2.61. The van der Waals surface area contributed by atoms with Crippen LogP contribution in [0, 0.1) is 11.3 Å². The van der Waals surface area contributed by atoms with E-state index in [-0.39, 0.29) is 5.41 Å². The molecule has 0 amide bonds. The smallest absolute Gasteiger partial charge is 0.184 e. The quantitative estimate of drug-likeness (QED) is 0.793. The summed E-state index contributed by atoms with van der Waals surface area (Å²) in [5, 5.41) is 0. The van der Waals surface area contributed by atoms with Gasteiger partial charge >= 0.3 is 0 Å². The molecule has 3 aliphatic rings. The zero-order chi connectivity index (χ0) is 17.1. The minimum Gasteiger partial charge on any atom is -0.382 e. The van der Waals surface area contributed by atoms with Crippen LogP contribution >= 0.6 is 15.9 Å². The number of benzene rings is 1. The van der Waals surface area contributed by atoms with Crippen LogP contribution in [0.3, 0.4) is 0 Å². The summed E-state index contributed by atoms with van der Waals surface area (Å²) in [6, 6.07) is 6.53. The Bertz CT molecular complexity index is 739. The van der Waals surface area contributed by atoms with Gasteiger partial charge in [0.15, 0.2) is 5.66 Å². The molecule has 1 saturated carbocycles. The van der Waals surface area contributed by atoms with Crippen molar-refractivity contribution in [1.29, 1.82) is 0 Å². The number of fused-ring (bicyclic) bond motifs is 3. The monoisotopic (exact) mass is 389 g/mol. The van der Waals surface area contributed by atoms with Gasteiger partial charge in [-0.1, -0.05) is 28.9 Å². The second-order valence-electron chi connectivity index (χ2n) is 7.62. The first-order valence-corrected chi connectivity index (χ1v) is 9.44. The first-order chi connectivity index (χ1) is 11.4. The molecule has 4 nitrogen and oxygen atoms in total. The fourth-order valence-corrected chi connectivity index (χ4v) is 5.48. The second kappa shape index (κ2) is 5.40. The first-order valence-electron chi connectivity index (χ1n) is 8.65. The Labute approximate surface area is 151 Å². The Balaban J connectivity index is 1.88. The van der Waals surface area contributed by atoms with E-state index in [0.29, 0.717) is 17.9 Å². The van der Waals surface area contributed by atoms with Crippen LogP contribution in [0.2, 0.25) is 0 Å². The third-order valence-corrected chi connectivity index (χ3v) is 6.75. The van der Waals surface area contributed by atoms with E-state index in [9.17, 15) is 0 Å². The number of methoxy groups -OCH3 is 1. The summed E-state index contributed by atoms with van der Waals surface area (Å²) in [6.45, 7) is 4.27. The van der Waals surface area contributed by atoms with E-state index >= 15 is 0 Å². The highest BCUT2D eigenvalue weighted by molar-refractivity contribution is 9.10. The van der Waals surface area contributed by atoms with Crippen LogP contribution < -0.4 is 5.73 Å². The summed E-state index contributed by atoms with van der Waals surface area (Å²) < 4.78 is 6.77. The van der Waals surface area contributed by atoms with Gasteiger partial charge in [-0.15, -0.1) is 0 Å². The predicted octanol–water partition coefficient (Wildman–Crippen LogP) is 3.81. The molecule has 1 heterocycles. The van der Waals surface area contributed by atoms with Gasteiger partial charge in [-0.2, -0.15) is 0 Å². The number of rotatable bonds is 1. The molecule has 2 aliphatic carbocycles. The summed E-state index contributed by atoms with van der Waals surface area (Å²) in [5.41, 5.74) is 9.09. The lowest BCUT2D eigenvalue weighted by Crippen LogP contribution is -2.46. The summed E-state index contributed by atoms with van der Waals surface area (Å²) in [6.07, 6.45) is 4.53. The maximum Gasteiger partial charge on any atom is 0.184 e. The summed E-state index contributed by atoms with van der Waals surface area (Å²) >= 11 is 3.62. The van der Waals surface area contributed by atoms with E-state index in [4.69, 9.17) is 20.5 Å². The van der Waals surface area contributed by atoms with E-state index in [1.807, 2.05) is 14.0 Å². The van der Waals surface area contributed by atoms with Crippen molar-refractivity contribution in [3.05, 3.63) is 33.8 Å². The summed E-state index contributed by atoms with van der Waals surface area (Å²) in [5.74, 6) is 1.08. The second-order valence-corrected chi connectivity index (χ2v) is 8.53. The van der Waals surface area contributed by atoms with Gasteiger partial charge in [-0.05, 0) is 56.2 Å². The highest BCUT2D eigenvalue weighted by atomic mass is 79.9. The van der Waals surface area contributed by atoms with Crippen molar-refractivity contribution < 1.29 is 4.74 Å². The largest absolute Gasteiger partial charge is 0.382 e. The van der Waals surface area contributed by atoms with Crippen molar-refractivity contribution >= 4 is 27.5 Å². The molecule has 2 spiro atoms. The summed E-state index contributed by atoms with van der Waals surface area (Å²) in [4.78, 5) is 10.0. The molecule has 5 heteroatoms. The van der Waals surface area contributed by atoms with Crippen molar-refractivity contribution in [2.24, 2.45) is 27.1 Å². The Hall–Kier alpha value is -1.20. The van der Waals surface area contributed by atoms with Crippen molar-refractivity contribution in [2.45, 2.75) is 51.3 Å². The molecule has 24 heavy (non-hydrogen) atoms. The van der Waals surface area contributed by atoms with Gasteiger partial charge in [-0.3, -0.25) is 4.99 Å².